The molecule has 1 amide bonds. The van der Waals surface area contributed by atoms with E-state index in [4.69, 9.17) is 33.7 Å². The Bertz CT molecular complexity index is 464. The van der Waals surface area contributed by atoms with Gasteiger partial charge in [-0.3, -0.25) is 4.79 Å². The van der Waals surface area contributed by atoms with Crippen LogP contribution < -0.4 is 11.1 Å². The third-order valence-electron chi connectivity index (χ3n) is 2.78. The van der Waals surface area contributed by atoms with Crippen molar-refractivity contribution in [3.63, 3.8) is 0 Å². The molecule has 1 fully saturated rings. The van der Waals surface area contributed by atoms with Gasteiger partial charge in [-0.25, -0.2) is 0 Å². The summed E-state index contributed by atoms with van der Waals surface area (Å²) in [6.07, 6.45) is 0.457. The summed E-state index contributed by atoms with van der Waals surface area (Å²) in [5.41, 5.74) is 5.25. The number of hydrogen-bond acceptors (Lipinski definition) is 4. The van der Waals surface area contributed by atoms with Crippen molar-refractivity contribution in [3.05, 3.63) is 22.2 Å². The minimum absolute atomic E-state index is 0.0616. The summed E-state index contributed by atoms with van der Waals surface area (Å²) >= 11 is 11.5. The quantitative estimate of drug-likeness (QED) is 0.725. The summed E-state index contributed by atoms with van der Waals surface area (Å²) in [6, 6.07) is 2.81. The molecule has 0 radical (unpaired) electrons. The number of nitrogens with one attached hydrogen (secondary N) is 1. The maximum absolute atomic E-state index is 12.0. The van der Waals surface area contributed by atoms with Crippen molar-refractivity contribution in [1.29, 1.82) is 0 Å². The van der Waals surface area contributed by atoms with Gasteiger partial charge in [0.25, 0.3) is 0 Å². The molecule has 1 aromatic rings. The first-order valence-corrected chi connectivity index (χ1v) is 6.04. The van der Waals surface area contributed by atoms with Crippen molar-refractivity contribution in [1.82, 2.24) is 0 Å². The maximum Gasteiger partial charge on any atom is 0.246 e. The van der Waals surface area contributed by atoms with Gasteiger partial charge >= 0.3 is 0 Å². The monoisotopic (exact) mass is 290 g/mol. The van der Waals surface area contributed by atoms with Gasteiger partial charge in [-0.2, -0.15) is 0 Å². The second-order valence-electron chi connectivity index (χ2n) is 4.20. The molecule has 4 N–H and O–H groups in total. The standard InChI is InChI=1S/C11H12Cl2N2O3/c12-7-3-6(4-8(13)9(7)16)15-10(17)11(14)1-2-18-5-11/h3-4,16H,1-2,5,14H2,(H,15,17). The number of phenols is 1. The smallest absolute Gasteiger partial charge is 0.246 e. The fourth-order valence-corrected chi connectivity index (χ4v) is 2.14. The highest BCUT2D eigenvalue weighted by Crippen LogP contribution is 2.34. The van der Waals surface area contributed by atoms with Gasteiger partial charge in [-0.05, 0) is 18.6 Å². The molecule has 2 rings (SSSR count). The minimum Gasteiger partial charge on any atom is -0.505 e. The average molecular weight is 291 g/mol. The van der Waals surface area contributed by atoms with E-state index in [1.165, 1.54) is 12.1 Å². The van der Waals surface area contributed by atoms with Crippen LogP contribution in [0.5, 0.6) is 5.75 Å². The van der Waals surface area contributed by atoms with E-state index in [1.54, 1.807) is 0 Å². The lowest BCUT2D eigenvalue weighted by Crippen LogP contribution is -2.51. The second-order valence-corrected chi connectivity index (χ2v) is 5.02. The topological polar surface area (TPSA) is 84.6 Å². The highest BCUT2D eigenvalue weighted by molar-refractivity contribution is 6.37. The van der Waals surface area contributed by atoms with E-state index in [2.05, 4.69) is 5.32 Å². The van der Waals surface area contributed by atoms with Crippen molar-refractivity contribution >= 4 is 34.8 Å². The number of carbonyl (C=O) groups excluding carboxylic acids is 1. The predicted octanol–water partition coefficient (Wildman–Crippen LogP) is 1.76. The van der Waals surface area contributed by atoms with Crippen LogP contribution in [-0.2, 0) is 9.53 Å². The number of carbonyl (C=O) groups is 1. The number of hydrogen-bond donors (Lipinski definition) is 3. The van der Waals surface area contributed by atoms with Crippen molar-refractivity contribution in [2.24, 2.45) is 5.73 Å². The number of benzene rings is 1. The highest BCUT2D eigenvalue weighted by atomic mass is 35.5. The van der Waals surface area contributed by atoms with Crippen LogP contribution in [0, 0.1) is 0 Å². The fourth-order valence-electron chi connectivity index (χ4n) is 1.65. The molecule has 1 unspecified atom stereocenters. The van der Waals surface area contributed by atoms with Gasteiger partial charge in [-0.15, -0.1) is 0 Å². The second kappa shape index (κ2) is 4.93. The van der Waals surface area contributed by atoms with Gasteiger partial charge < -0.3 is 20.9 Å². The zero-order valence-electron chi connectivity index (χ0n) is 9.37. The van der Waals surface area contributed by atoms with E-state index in [0.717, 1.165) is 0 Å². The van der Waals surface area contributed by atoms with Gasteiger partial charge in [-0.1, -0.05) is 23.2 Å². The van der Waals surface area contributed by atoms with Gasteiger partial charge in [0, 0.05) is 12.3 Å². The van der Waals surface area contributed by atoms with Gasteiger partial charge in [0.15, 0.2) is 5.75 Å². The molecule has 98 valence electrons. The fraction of sp³-hybridized carbons (Fsp3) is 0.364. The Morgan fingerprint density at radius 1 is 1.44 bits per heavy atom. The molecule has 18 heavy (non-hydrogen) atoms. The summed E-state index contributed by atoms with van der Waals surface area (Å²) in [5.74, 6) is -0.583. The van der Waals surface area contributed by atoms with Gasteiger partial charge in [0.2, 0.25) is 5.91 Å². The number of rotatable bonds is 2. The Morgan fingerprint density at radius 3 is 2.56 bits per heavy atom. The summed E-state index contributed by atoms with van der Waals surface area (Å²) < 4.78 is 5.11. The van der Waals surface area contributed by atoms with Crippen LogP contribution in [0.25, 0.3) is 0 Å². The van der Waals surface area contributed by atoms with E-state index < -0.39 is 5.54 Å². The molecule has 1 heterocycles. The zero-order chi connectivity index (χ0) is 13.3. The lowest BCUT2D eigenvalue weighted by atomic mass is 9.99. The first-order chi connectivity index (χ1) is 8.42. The van der Waals surface area contributed by atoms with Crippen molar-refractivity contribution in [2.45, 2.75) is 12.0 Å². The van der Waals surface area contributed by atoms with E-state index in [0.29, 0.717) is 18.7 Å². The van der Waals surface area contributed by atoms with E-state index in [1.807, 2.05) is 0 Å². The van der Waals surface area contributed by atoms with Crippen LogP contribution >= 0.6 is 23.2 Å². The van der Waals surface area contributed by atoms with Gasteiger partial charge in [0.05, 0.1) is 16.7 Å². The van der Waals surface area contributed by atoms with E-state index in [9.17, 15) is 9.90 Å². The predicted molar refractivity (Wildman–Crippen MR) is 69.1 cm³/mol. The first-order valence-electron chi connectivity index (χ1n) is 5.28. The van der Waals surface area contributed by atoms with Crippen LogP contribution in [-0.4, -0.2) is 29.8 Å². The Balaban J connectivity index is 2.17. The number of phenolic OH excluding ortho intramolecular Hbond substituents is 1. The van der Waals surface area contributed by atoms with E-state index >= 15 is 0 Å². The molecule has 0 bridgehead atoms. The molecule has 0 saturated carbocycles. The molecule has 0 aliphatic carbocycles. The summed E-state index contributed by atoms with van der Waals surface area (Å²) in [7, 11) is 0. The van der Waals surface area contributed by atoms with Crippen LogP contribution in [0.15, 0.2) is 12.1 Å². The SMILES string of the molecule is NC1(C(=O)Nc2cc(Cl)c(O)c(Cl)c2)CCOC1. The molecule has 0 spiro atoms. The molecule has 0 aromatic heterocycles. The number of halogens is 2. The Hall–Kier alpha value is -1.01. The third-order valence-corrected chi connectivity index (χ3v) is 3.36. The van der Waals surface area contributed by atoms with Gasteiger partial charge in [0.1, 0.15) is 5.54 Å². The number of ether oxygens (including phenoxy) is 1. The first kappa shape index (κ1) is 13.4. The maximum atomic E-state index is 12.0. The summed E-state index contributed by atoms with van der Waals surface area (Å²) in [4.78, 5) is 12.0. The number of anilines is 1. The third kappa shape index (κ3) is 2.54. The summed E-state index contributed by atoms with van der Waals surface area (Å²) in [5, 5.41) is 12.1. The van der Waals surface area contributed by atoms with Crippen LogP contribution in [0.4, 0.5) is 5.69 Å². The zero-order valence-corrected chi connectivity index (χ0v) is 10.9. The molecule has 1 saturated heterocycles. The lowest BCUT2D eigenvalue weighted by Gasteiger charge is -2.20. The minimum atomic E-state index is -1.03. The lowest BCUT2D eigenvalue weighted by molar-refractivity contribution is -0.121. The Labute approximate surface area is 114 Å². The Kier molecular flexibility index (Phi) is 3.68. The number of aromatic hydroxyl groups is 1. The largest absolute Gasteiger partial charge is 0.505 e. The highest BCUT2D eigenvalue weighted by Gasteiger charge is 2.38. The van der Waals surface area contributed by atoms with Crippen molar-refractivity contribution < 1.29 is 14.6 Å². The van der Waals surface area contributed by atoms with Crippen molar-refractivity contribution in [2.75, 3.05) is 18.5 Å². The molecular formula is C11H12Cl2N2O3. The van der Waals surface area contributed by atoms with Crippen molar-refractivity contribution in [3.8, 4) is 5.75 Å². The molecule has 5 nitrogen and oxygen atoms in total. The number of nitrogens with two attached hydrogens (primary N) is 1. The Morgan fingerprint density at radius 2 is 2.06 bits per heavy atom. The van der Waals surface area contributed by atoms with Crippen LogP contribution in [0.3, 0.4) is 0 Å². The van der Waals surface area contributed by atoms with Crippen LogP contribution in [0.1, 0.15) is 6.42 Å². The normalized spacial score (nSPS) is 23.1. The average Bonchev–Trinajstić information content (AvgIpc) is 2.74. The van der Waals surface area contributed by atoms with Crippen LogP contribution in [0.2, 0.25) is 10.0 Å². The molecule has 7 heteroatoms. The molecule has 1 aliphatic heterocycles. The summed E-state index contributed by atoms with van der Waals surface area (Å²) in [6.45, 7) is 0.638. The number of amides is 1. The molecule has 1 aliphatic rings. The van der Waals surface area contributed by atoms with E-state index in [-0.39, 0.29) is 28.3 Å². The molecular weight excluding hydrogens is 279 g/mol. The molecule has 1 aromatic carbocycles. The molecule has 1 atom stereocenters.